The summed E-state index contributed by atoms with van der Waals surface area (Å²) in [7, 11) is 6.27. The average molecular weight is 378 g/mol. The van der Waals surface area contributed by atoms with E-state index in [2.05, 4.69) is 126 Å². The van der Waals surface area contributed by atoms with Gasteiger partial charge in [0.1, 0.15) is 5.35 Å². The molecule has 0 atom stereocenters. The van der Waals surface area contributed by atoms with Crippen molar-refractivity contribution in [2.75, 3.05) is 19.0 Å². The quantitative estimate of drug-likeness (QED) is 0.425. The number of nitrogens with zero attached hydrogens (tertiary/aromatic N) is 3. The molecule has 0 aliphatic heterocycles. The molecule has 0 aliphatic rings. The molecule has 0 N–H and O–H groups in total. The number of fused-ring (bicyclic) bond motifs is 5. The topological polar surface area (TPSA) is 11.5 Å². The number of hydrogen-bond donors (Lipinski definition) is 0. The highest BCUT2D eigenvalue weighted by Crippen LogP contribution is 2.21. The molecule has 0 fully saturated rings. The Kier molecular flexibility index (Phi) is 4.09. The van der Waals surface area contributed by atoms with Crippen molar-refractivity contribution in [3.05, 3.63) is 89.8 Å². The van der Waals surface area contributed by atoms with Crippen molar-refractivity contribution in [2.24, 2.45) is 7.05 Å². The molecule has 0 spiro atoms. The number of anilines is 1. The van der Waals surface area contributed by atoms with E-state index in [-0.39, 0.29) is 0 Å². The second kappa shape index (κ2) is 6.78. The van der Waals surface area contributed by atoms with Crippen molar-refractivity contribution in [3.8, 4) is 0 Å². The predicted molar refractivity (Wildman–Crippen MR) is 123 cm³/mol. The summed E-state index contributed by atoms with van der Waals surface area (Å²) < 4.78 is 4.66. The summed E-state index contributed by atoms with van der Waals surface area (Å²) in [5.41, 5.74) is 6.11. The van der Waals surface area contributed by atoms with Crippen LogP contribution in [0.2, 0.25) is 0 Å². The lowest BCUT2D eigenvalue weighted by Crippen LogP contribution is -2.27. The first-order valence-corrected chi connectivity index (χ1v) is 9.90. The van der Waals surface area contributed by atoms with E-state index in [0.29, 0.717) is 0 Å². The molecule has 0 saturated carbocycles. The van der Waals surface area contributed by atoms with Gasteiger partial charge in [-0.25, -0.2) is 4.57 Å². The molecule has 142 valence electrons. The van der Waals surface area contributed by atoms with Crippen LogP contribution < -0.4 is 14.8 Å². The molecule has 0 bridgehead atoms. The minimum absolute atomic E-state index is 1.20. The van der Waals surface area contributed by atoms with Crippen LogP contribution in [0.1, 0.15) is 5.56 Å². The Morgan fingerprint density at radius 2 is 1.52 bits per heavy atom. The normalized spacial score (nSPS) is 12.7. The van der Waals surface area contributed by atoms with Gasteiger partial charge in [0.05, 0.1) is 12.4 Å². The minimum Gasteiger partial charge on any atom is -0.378 e. The highest BCUT2D eigenvalue weighted by atomic mass is 15.1. The molecule has 0 saturated heterocycles. The maximum atomic E-state index is 2.37. The van der Waals surface area contributed by atoms with Crippen molar-refractivity contribution in [2.45, 2.75) is 0 Å². The van der Waals surface area contributed by atoms with Crippen molar-refractivity contribution in [3.63, 3.8) is 0 Å². The molecule has 3 aromatic carbocycles. The Bertz CT molecular complexity index is 1410. The fourth-order valence-corrected chi connectivity index (χ4v) is 4.18. The summed E-state index contributed by atoms with van der Waals surface area (Å²) in [6, 6.07) is 25.9. The van der Waals surface area contributed by atoms with Gasteiger partial charge < -0.3 is 4.90 Å². The average Bonchev–Trinajstić information content (AvgIpc) is 3.22. The molecule has 29 heavy (non-hydrogen) atoms. The highest BCUT2D eigenvalue weighted by molar-refractivity contribution is 5.98. The van der Waals surface area contributed by atoms with Crippen molar-refractivity contribution < 1.29 is 4.57 Å². The van der Waals surface area contributed by atoms with E-state index in [4.69, 9.17) is 0 Å². The Labute approximate surface area is 170 Å². The first-order valence-electron chi connectivity index (χ1n) is 9.90. The smallest absolute Gasteiger partial charge is 0.295 e. The van der Waals surface area contributed by atoms with Gasteiger partial charge in [0.2, 0.25) is 0 Å². The van der Waals surface area contributed by atoms with E-state index in [0.717, 1.165) is 0 Å². The van der Waals surface area contributed by atoms with Crippen LogP contribution in [0.4, 0.5) is 5.69 Å². The summed E-state index contributed by atoms with van der Waals surface area (Å²) in [5.74, 6) is 0. The number of para-hydroxylation sites is 2. The van der Waals surface area contributed by atoms with Crippen LogP contribution in [0.5, 0.6) is 0 Å². The Hall–Kier alpha value is -3.59. The maximum absolute atomic E-state index is 2.37. The number of rotatable bonds is 3. The van der Waals surface area contributed by atoms with Gasteiger partial charge in [-0.05, 0) is 48.0 Å². The SMILES string of the molecule is CN(C)c1ccc(C=CC=c2c3ccccc3c3n2c2ccccc2[n+]3C)cc1. The van der Waals surface area contributed by atoms with Gasteiger partial charge >= 0.3 is 0 Å². The monoisotopic (exact) mass is 378 g/mol. The van der Waals surface area contributed by atoms with Gasteiger partial charge in [-0.3, -0.25) is 0 Å². The van der Waals surface area contributed by atoms with Gasteiger partial charge in [-0.1, -0.05) is 48.6 Å². The first kappa shape index (κ1) is 17.5. The zero-order valence-corrected chi connectivity index (χ0v) is 17.0. The van der Waals surface area contributed by atoms with Crippen LogP contribution in [-0.4, -0.2) is 18.5 Å². The van der Waals surface area contributed by atoms with E-state index in [9.17, 15) is 0 Å². The highest BCUT2D eigenvalue weighted by Gasteiger charge is 2.22. The summed E-state index contributed by atoms with van der Waals surface area (Å²) in [6.45, 7) is 0. The van der Waals surface area contributed by atoms with Crippen LogP contribution in [0.25, 0.3) is 39.6 Å². The second-order valence-electron chi connectivity index (χ2n) is 7.65. The summed E-state index contributed by atoms with van der Waals surface area (Å²) >= 11 is 0. The van der Waals surface area contributed by atoms with Gasteiger partial charge in [0.15, 0.2) is 11.0 Å². The van der Waals surface area contributed by atoms with Crippen LogP contribution in [0.3, 0.4) is 0 Å². The minimum atomic E-state index is 1.20. The fraction of sp³-hybridized carbons (Fsp3) is 0.115. The molecule has 0 radical (unpaired) electrons. The lowest BCUT2D eigenvalue weighted by molar-refractivity contribution is -0.617. The van der Waals surface area contributed by atoms with E-state index in [1.807, 2.05) is 0 Å². The molecule has 2 heterocycles. The summed E-state index contributed by atoms with van der Waals surface area (Å²) in [4.78, 5) is 2.11. The maximum Gasteiger partial charge on any atom is 0.295 e. The van der Waals surface area contributed by atoms with Crippen LogP contribution in [0, 0.1) is 0 Å². The zero-order chi connectivity index (χ0) is 20.0. The molecule has 0 unspecified atom stereocenters. The molecule has 3 heteroatoms. The Balaban J connectivity index is 1.71. The molecule has 0 aliphatic carbocycles. The van der Waals surface area contributed by atoms with E-state index >= 15 is 0 Å². The zero-order valence-electron chi connectivity index (χ0n) is 17.0. The van der Waals surface area contributed by atoms with Crippen LogP contribution in [-0.2, 0) is 7.05 Å². The van der Waals surface area contributed by atoms with Gasteiger partial charge in [0, 0.05) is 25.2 Å². The molecule has 3 nitrogen and oxygen atoms in total. The molecule has 5 aromatic rings. The van der Waals surface area contributed by atoms with Gasteiger partial charge in [0.25, 0.3) is 5.65 Å². The number of aryl methyl sites for hydroxylation is 1. The number of allylic oxidation sites excluding steroid dienone is 1. The number of imidazole rings is 1. The fourth-order valence-electron chi connectivity index (χ4n) is 4.18. The Morgan fingerprint density at radius 3 is 2.28 bits per heavy atom. The lowest BCUT2D eigenvalue weighted by Gasteiger charge is -2.11. The third kappa shape index (κ3) is 2.78. The third-order valence-corrected chi connectivity index (χ3v) is 5.65. The van der Waals surface area contributed by atoms with E-state index < -0.39 is 0 Å². The summed E-state index contributed by atoms with van der Waals surface area (Å²) in [5, 5.41) is 3.77. The third-order valence-electron chi connectivity index (χ3n) is 5.65. The number of benzene rings is 3. The van der Waals surface area contributed by atoms with Gasteiger partial charge in [-0.15, -0.1) is 0 Å². The summed E-state index contributed by atoms with van der Waals surface area (Å²) in [6.07, 6.45) is 6.54. The van der Waals surface area contributed by atoms with Crippen molar-refractivity contribution >= 4 is 45.3 Å². The largest absolute Gasteiger partial charge is 0.378 e. The lowest BCUT2D eigenvalue weighted by atomic mass is 10.1. The molecular formula is C26H24N3+. The molecule has 2 aromatic heterocycles. The number of hydrogen-bond acceptors (Lipinski definition) is 1. The van der Waals surface area contributed by atoms with Gasteiger partial charge in [-0.2, -0.15) is 4.40 Å². The predicted octanol–water partition coefficient (Wildman–Crippen LogP) is 4.35. The standard InChI is InChI=1S/C26H24N3/c1-27(2)20-17-15-19(16-18-20)9-8-14-23-21-10-4-5-11-22(21)26-28(3)24-12-6-7-13-25(24)29(23)26/h4-18H,1-3H3/q+1. The molecule has 0 amide bonds. The molecule has 5 rings (SSSR count). The van der Waals surface area contributed by atoms with Crippen LogP contribution in [0.15, 0.2) is 78.9 Å². The van der Waals surface area contributed by atoms with Crippen LogP contribution >= 0.6 is 0 Å². The first-order chi connectivity index (χ1) is 14.1. The van der Waals surface area contributed by atoms with Crippen molar-refractivity contribution in [1.82, 2.24) is 4.40 Å². The Morgan fingerprint density at radius 1 is 0.828 bits per heavy atom. The number of aromatic nitrogens is 2. The van der Waals surface area contributed by atoms with Crippen molar-refractivity contribution in [1.29, 1.82) is 0 Å². The van der Waals surface area contributed by atoms with E-state index in [1.54, 1.807) is 0 Å². The van der Waals surface area contributed by atoms with E-state index in [1.165, 1.54) is 44.1 Å². The molecular weight excluding hydrogens is 354 g/mol. The second-order valence-corrected chi connectivity index (χ2v) is 7.65.